The van der Waals surface area contributed by atoms with Crippen molar-refractivity contribution in [2.75, 3.05) is 5.32 Å². The van der Waals surface area contributed by atoms with Gasteiger partial charge in [0.2, 0.25) is 11.4 Å². The zero-order chi connectivity index (χ0) is 23.9. The Morgan fingerprint density at radius 3 is 2.48 bits per heavy atom. The molecule has 6 nitrogen and oxygen atoms in total. The SMILES string of the molecule is CC(=O)c1cc2ccccc2c(Cl)c1NC(=O)C1=CC(C(F)(F)F)=N[NH+]1c1ncccc1Cl. The highest BCUT2D eigenvalue weighted by Crippen LogP contribution is 2.35. The number of nitrogens with zero attached hydrogens (tertiary/aromatic N) is 2. The largest absolute Gasteiger partial charge is 0.438 e. The molecule has 1 aliphatic heterocycles. The predicted octanol–water partition coefficient (Wildman–Crippen LogP) is 4.72. The number of pyridine rings is 1. The predicted molar refractivity (Wildman–Crippen MR) is 119 cm³/mol. The van der Waals surface area contributed by atoms with E-state index in [0.717, 1.165) is 0 Å². The van der Waals surface area contributed by atoms with Crippen LogP contribution in [0.3, 0.4) is 0 Å². The first-order valence-electron chi connectivity index (χ1n) is 9.47. The summed E-state index contributed by atoms with van der Waals surface area (Å²) in [7, 11) is 0. The zero-order valence-electron chi connectivity index (χ0n) is 16.8. The molecule has 1 amide bonds. The fourth-order valence-corrected chi connectivity index (χ4v) is 3.89. The summed E-state index contributed by atoms with van der Waals surface area (Å²) in [5.41, 5.74) is -1.59. The van der Waals surface area contributed by atoms with Gasteiger partial charge in [0.1, 0.15) is 5.02 Å². The van der Waals surface area contributed by atoms with Crippen LogP contribution in [0.25, 0.3) is 10.8 Å². The number of halogens is 5. The summed E-state index contributed by atoms with van der Waals surface area (Å²) in [6.45, 7) is 1.29. The maximum absolute atomic E-state index is 13.4. The molecule has 0 radical (unpaired) electrons. The third-order valence-electron chi connectivity index (χ3n) is 4.89. The van der Waals surface area contributed by atoms with E-state index in [1.807, 2.05) is 0 Å². The second-order valence-electron chi connectivity index (χ2n) is 7.08. The lowest BCUT2D eigenvalue weighted by Gasteiger charge is -2.15. The Kier molecular flexibility index (Phi) is 5.96. The number of alkyl halides is 3. The van der Waals surface area contributed by atoms with Gasteiger partial charge in [0.25, 0.3) is 5.82 Å². The lowest BCUT2D eigenvalue weighted by molar-refractivity contribution is -0.792. The first-order valence-corrected chi connectivity index (χ1v) is 10.2. The second-order valence-corrected chi connectivity index (χ2v) is 7.86. The number of fused-ring (bicyclic) bond motifs is 1. The number of Topliss-reactive ketones (excluding diaryl/α,β-unsaturated/α-hetero) is 1. The molecule has 3 aromatic rings. The first-order chi connectivity index (χ1) is 15.6. The lowest BCUT2D eigenvalue weighted by atomic mass is 10.0. The summed E-state index contributed by atoms with van der Waals surface area (Å²) >= 11 is 12.6. The minimum atomic E-state index is -4.81. The Hall–Kier alpha value is -3.27. The maximum Gasteiger partial charge on any atom is 0.438 e. The molecule has 2 aromatic carbocycles. The number of rotatable bonds is 4. The molecule has 0 saturated carbocycles. The third-order valence-corrected chi connectivity index (χ3v) is 5.59. The highest BCUT2D eigenvalue weighted by atomic mass is 35.5. The zero-order valence-corrected chi connectivity index (χ0v) is 18.3. The van der Waals surface area contributed by atoms with Crippen LogP contribution >= 0.6 is 23.2 Å². The molecular formula is C22H14Cl2F3N4O2+. The number of anilines is 1. The monoisotopic (exact) mass is 493 g/mol. The molecule has 0 spiro atoms. The van der Waals surface area contributed by atoms with Crippen LogP contribution in [-0.4, -0.2) is 28.6 Å². The van der Waals surface area contributed by atoms with E-state index < -0.39 is 23.5 Å². The summed E-state index contributed by atoms with van der Waals surface area (Å²) in [4.78, 5) is 29.4. The highest BCUT2D eigenvalue weighted by Gasteiger charge is 2.45. The molecule has 4 rings (SSSR count). The average molecular weight is 494 g/mol. The number of carbonyl (C=O) groups excluding carboxylic acids is 2. The van der Waals surface area contributed by atoms with E-state index in [4.69, 9.17) is 23.2 Å². The molecule has 168 valence electrons. The standard InChI is InChI=1S/C22H13Cl2F3N4O2/c1-11(32)14-9-12-5-2-3-6-13(12)18(24)19(14)29-21(33)16-10-17(22(25,26)27)30-31(16)20-15(23)7-4-8-28-20/h2-10H,1H3,(H,29,33)/p+1. The fraction of sp³-hybridized carbons (Fsp3) is 0.0909. The quantitative estimate of drug-likeness (QED) is 0.516. The topological polar surface area (TPSA) is 75.9 Å². The molecule has 2 heterocycles. The van der Waals surface area contributed by atoms with Crippen LogP contribution in [0.5, 0.6) is 0 Å². The van der Waals surface area contributed by atoms with Crippen LogP contribution in [0, 0.1) is 0 Å². The van der Waals surface area contributed by atoms with Crippen molar-refractivity contribution in [1.82, 2.24) is 4.98 Å². The summed E-state index contributed by atoms with van der Waals surface area (Å²) in [6.07, 6.45) is -2.88. The van der Waals surface area contributed by atoms with Crippen molar-refractivity contribution in [3.05, 3.63) is 76.0 Å². The van der Waals surface area contributed by atoms with Gasteiger partial charge in [0, 0.05) is 23.2 Å². The van der Waals surface area contributed by atoms with E-state index in [2.05, 4.69) is 15.4 Å². The average Bonchev–Trinajstić information content (AvgIpc) is 3.21. The molecule has 2 N–H and O–H groups in total. The minimum absolute atomic E-state index is 0.0132. The van der Waals surface area contributed by atoms with Crippen molar-refractivity contribution in [2.24, 2.45) is 5.10 Å². The van der Waals surface area contributed by atoms with Gasteiger partial charge < -0.3 is 5.32 Å². The van der Waals surface area contributed by atoms with Crippen LogP contribution in [-0.2, 0) is 4.79 Å². The minimum Gasteiger partial charge on any atom is -0.315 e. The van der Waals surface area contributed by atoms with Gasteiger partial charge in [-0.15, -0.1) is 5.01 Å². The van der Waals surface area contributed by atoms with Crippen LogP contribution in [0.4, 0.5) is 24.7 Å². The van der Waals surface area contributed by atoms with Crippen molar-refractivity contribution in [2.45, 2.75) is 13.1 Å². The summed E-state index contributed by atoms with van der Waals surface area (Å²) in [5, 5.41) is 7.05. The van der Waals surface area contributed by atoms with Crippen molar-refractivity contribution >= 4 is 62.9 Å². The molecule has 1 aromatic heterocycles. The number of aromatic nitrogens is 1. The lowest BCUT2D eigenvalue weighted by Crippen LogP contribution is -3.01. The first kappa shape index (κ1) is 22.9. The molecule has 0 aliphatic carbocycles. The van der Waals surface area contributed by atoms with Gasteiger partial charge in [-0.2, -0.15) is 13.2 Å². The van der Waals surface area contributed by atoms with E-state index in [1.54, 1.807) is 30.3 Å². The van der Waals surface area contributed by atoms with Gasteiger partial charge in [-0.3, -0.25) is 9.59 Å². The smallest absolute Gasteiger partial charge is 0.315 e. The van der Waals surface area contributed by atoms with Crippen LogP contribution in [0.15, 0.2) is 65.5 Å². The molecular weight excluding hydrogens is 480 g/mol. The van der Waals surface area contributed by atoms with E-state index in [1.165, 1.54) is 25.3 Å². The van der Waals surface area contributed by atoms with Crippen molar-refractivity contribution in [3.63, 3.8) is 0 Å². The van der Waals surface area contributed by atoms with Crippen molar-refractivity contribution < 1.29 is 27.8 Å². The van der Waals surface area contributed by atoms with Gasteiger partial charge >= 0.3 is 12.1 Å². The van der Waals surface area contributed by atoms with Gasteiger partial charge in [0.05, 0.1) is 10.7 Å². The molecule has 1 atom stereocenters. The van der Waals surface area contributed by atoms with E-state index in [-0.39, 0.29) is 37.9 Å². The Labute approximate surface area is 195 Å². The molecule has 0 saturated heterocycles. The Morgan fingerprint density at radius 1 is 1.09 bits per heavy atom. The normalized spacial score (nSPS) is 15.9. The number of allylic oxidation sites excluding steroid dienone is 1. The van der Waals surface area contributed by atoms with Crippen LogP contribution in [0.2, 0.25) is 10.0 Å². The van der Waals surface area contributed by atoms with Gasteiger partial charge in [-0.25, -0.2) is 4.98 Å². The number of hydrogen-bond donors (Lipinski definition) is 2. The Bertz CT molecular complexity index is 1370. The van der Waals surface area contributed by atoms with Crippen molar-refractivity contribution in [3.8, 4) is 0 Å². The summed E-state index contributed by atoms with van der Waals surface area (Å²) in [6, 6.07) is 11.4. The van der Waals surface area contributed by atoms with E-state index >= 15 is 0 Å². The molecule has 0 bridgehead atoms. The van der Waals surface area contributed by atoms with Crippen molar-refractivity contribution in [1.29, 1.82) is 0 Å². The van der Waals surface area contributed by atoms with Gasteiger partial charge in [0.15, 0.2) is 5.78 Å². The van der Waals surface area contributed by atoms with E-state index in [9.17, 15) is 22.8 Å². The molecule has 1 unspecified atom stereocenters. The van der Waals surface area contributed by atoms with E-state index in [0.29, 0.717) is 16.8 Å². The maximum atomic E-state index is 13.4. The number of quaternary nitrogens is 1. The second kappa shape index (κ2) is 8.58. The third kappa shape index (κ3) is 4.35. The fourth-order valence-electron chi connectivity index (χ4n) is 3.36. The number of carbonyl (C=O) groups is 2. The summed E-state index contributed by atoms with van der Waals surface area (Å²) in [5.74, 6) is -1.42. The number of benzene rings is 2. The molecule has 33 heavy (non-hydrogen) atoms. The molecule has 1 aliphatic rings. The van der Waals surface area contributed by atoms with Gasteiger partial charge in [-0.05, 0) is 30.5 Å². The van der Waals surface area contributed by atoms with Crippen LogP contribution < -0.4 is 10.3 Å². The number of hydrogen-bond acceptors (Lipinski definition) is 4. The number of nitrogens with one attached hydrogen (secondary N) is 2. The highest BCUT2D eigenvalue weighted by molar-refractivity contribution is 6.40. The Morgan fingerprint density at radius 2 is 1.82 bits per heavy atom. The Balaban J connectivity index is 1.80. The number of amides is 1. The van der Waals surface area contributed by atoms with Crippen LogP contribution in [0.1, 0.15) is 17.3 Å². The van der Waals surface area contributed by atoms with Gasteiger partial charge in [-0.1, -0.05) is 52.6 Å². The molecule has 0 fully saturated rings. The number of ketones is 1. The summed E-state index contributed by atoms with van der Waals surface area (Å²) < 4.78 is 40.1. The molecule has 11 heteroatoms.